The molecule has 0 radical (unpaired) electrons. The molecule has 0 N–H and O–H groups in total. The molecule has 18 heavy (non-hydrogen) atoms. The van der Waals surface area contributed by atoms with Gasteiger partial charge in [-0.05, 0) is 44.0 Å². The lowest BCUT2D eigenvalue weighted by atomic mass is 10.1. The van der Waals surface area contributed by atoms with Crippen molar-refractivity contribution in [3.05, 3.63) is 46.3 Å². The minimum Gasteiger partial charge on any atom is -0.487 e. The van der Waals surface area contributed by atoms with Crippen molar-refractivity contribution < 1.29 is 9.26 Å². The molecule has 0 bridgehead atoms. The molecule has 1 aromatic heterocycles. The van der Waals surface area contributed by atoms with Crippen LogP contribution in [0.5, 0.6) is 5.75 Å². The molecule has 1 aromatic carbocycles. The third-order valence-corrected chi connectivity index (χ3v) is 2.63. The van der Waals surface area contributed by atoms with Gasteiger partial charge in [0.05, 0.1) is 11.6 Å². The second-order valence-corrected chi connectivity index (χ2v) is 4.27. The second-order valence-electron chi connectivity index (χ2n) is 4.27. The predicted molar refractivity (Wildman–Crippen MR) is 66.2 cm³/mol. The monoisotopic (exact) mass is 242 g/mol. The van der Waals surface area contributed by atoms with E-state index >= 15 is 0 Å². The molecule has 0 aliphatic heterocycles. The number of aromatic nitrogens is 1. The second kappa shape index (κ2) is 4.92. The molecule has 0 saturated heterocycles. The van der Waals surface area contributed by atoms with E-state index in [-0.39, 0.29) is 0 Å². The van der Waals surface area contributed by atoms with Crippen LogP contribution in [0.15, 0.2) is 22.7 Å². The minimum atomic E-state index is 0.366. The predicted octanol–water partition coefficient (Wildman–Crippen LogP) is 3.05. The van der Waals surface area contributed by atoms with Gasteiger partial charge in [-0.15, -0.1) is 0 Å². The van der Waals surface area contributed by atoms with Gasteiger partial charge in [0, 0.05) is 6.07 Å². The SMILES string of the molecule is Cc1cc(COc2c(C)cc(C#N)cc2C)no1. The van der Waals surface area contributed by atoms with Crippen LogP contribution in [0.3, 0.4) is 0 Å². The van der Waals surface area contributed by atoms with Crippen molar-refractivity contribution in [2.24, 2.45) is 0 Å². The molecule has 1 heterocycles. The Hall–Kier alpha value is -2.28. The Balaban J connectivity index is 2.17. The molecule has 0 unspecified atom stereocenters. The van der Waals surface area contributed by atoms with Gasteiger partial charge in [0.25, 0.3) is 0 Å². The van der Waals surface area contributed by atoms with E-state index in [4.69, 9.17) is 14.5 Å². The molecule has 4 heteroatoms. The van der Waals surface area contributed by atoms with Gasteiger partial charge in [0.2, 0.25) is 0 Å². The molecular weight excluding hydrogens is 228 g/mol. The van der Waals surface area contributed by atoms with Gasteiger partial charge < -0.3 is 9.26 Å². The molecule has 92 valence electrons. The van der Waals surface area contributed by atoms with Crippen LogP contribution in [0.4, 0.5) is 0 Å². The van der Waals surface area contributed by atoms with Crippen LogP contribution in [-0.4, -0.2) is 5.16 Å². The van der Waals surface area contributed by atoms with E-state index in [2.05, 4.69) is 11.2 Å². The first-order chi connectivity index (χ1) is 8.60. The number of benzene rings is 1. The third-order valence-electron chi connectivity index (χ3n) is 2.63. The summed E-state index contributed by atoms with van der Waals surface area (Å²) in [5.74, 6) is 1.57. The maximum Gasteiger partial charge on any atom is 0.134 e. The fourth-order valence-electron chi connectivity index (χ4n) is 1.87. The zero-order chi connectivity index (χ0) is 13.1. The first-order valence-electron chi connectivity index (χ1n) is 5.66. The van der Waals surface area contributed by atoms with Crippen molar-refractivity contribution in [3.8, 4) is 11.8 Å². The third kappa shape index (κ3) is 2.51. The zero-order valence-corrected chi connectivity index (χ0v) is 10.7. The van der Waals surface area contributed by atoms with Gasteiger partial charge >= 0.3 is 0 Å². The zero-order valence-electron chi connectivity index (χ0n) is 10.7. The van der Waals surface area contributed by atoms with Crippen LogP contribution in [-0.2, 0) is 6.61 Å². The van der Waals surface area contributed by atoms with Crippen LogP contribution >= 0.6 is 0 Å². The fraction of sp³-hybridized carbons (Fsp3) is 0.286. The number of hydrogen-bond donors (Lipinski definition) is 0. The van der Waals surface area contributed by atoms with E-state index in [0.717, 1.165) is 28.3 Å². The molecule has 2 aromatic rings. The maximum absolute atomic E-state index is 8.87. The van der Waals surface area contributed by atoms with E-state index < -0.39 is 0 Å². The van der Waals surface area contributed by atoms with Crippen LogP contribution in [0, 0.1) is 32.1 Å². The highest BCUT2D eigenvalue weighted by molar-refractivity contribution is 5.47. The number of nitrogens with zero attached hydrogens (tertiary/aromatic N) is 2. The van der Waals surface area contributed by atoms with Crippen molar-refractivity contribution in [3.63, 3.8) is 0 Å². The maximum atomic E-state index is 8.87. The van der Waals surface area contributed by atoms with E-state index in [9.17, 15) is 0 Å². The normalized spacial score (nSPS) is 10.1. The number of hydrogen-bond acceptors (Lipinski definition) is 4. The van der Waals surface area contributed by atoms with Crippen LogP contribution in [0.2, 0.25) is 0 Å². The highest BCUT2D eigenvalue weighted by Gasteiger charge is 2.08. The van der Waals surface area contributed by atoms with Crippen molar-refractivity contribution >= 4 is 0 Å². The lowest BCUT2D eigenvalue weighted by molar-refractivity contribution is 0.284. The number of ether oxygens (including phenoxy) is 1. The molecule has 0 aliphatic carbocycles. The molecular formula is C14H14N2O2. The van der Waals surface area contributed by atoms with Gasteiger partial charge in [-0.2, -0.15) is 5.26 Å². The Morgan fingerprint density at radius 3 is 2.39 bits per heavy atom. The summed E-state index contributed by atoms with van der Waals surface area (Å²) in [4.78, 5) is 0. The molecule has 0 aliphatic rings. The van der Waals surface area contributed by atoms with Gasteiger partial charge in [-0.3, -0.25) is 0 Å². The van der Waals surface area contributed by atoms with E-state index in [1.165, 1.54) is 0 Å². The average molecular weight is 242 g/mol. The summed E-state index contributed by atoms with van der Waals surface area (Å²) in [6.45, 7) is 6.06. The van der Waals surface area contributed by atoms with Crippen LogP contribution in [0.25, 0.3) is 0 Å². The molecule has 0 atom stereocenters. The molecule has 4 nitrogen and oxygen atoms in total. The minimum absolute atomic E-state index is 0.366. The Bertz CT molecular complexity index is 585. The van der Waals surface area contributed by atoms with Gasteiger partial charge in [-0.1, -0.05) is 5.16 Å². The Labute approximate surface area is 106 Å². The lowest BCUT2D eigenvalue weighted by Gasteiger charge is -2.11. The topological polar surface area (TPSA) is 59.0 Å². The highest BCUT2D eigenvalue weighted by Crippen LogP contribution is 2.25. The molecule has 0 saturated carbocycles. The molecule has 0 spiro atoms. The molecule has 2 rings (SSSR count). The Morgan fingerprint density at radius 1 is 1.22 bits per heavy atom. The first-order valence-corrected chi connectivity index (χ1v) is 5.66. The van der Waals surface area contributed by atoms with Gasteiger partial charge in [-0.25, -0.2) is 0 Å². The van der Waals surface area contributed by atoms with Crippen LogP contribution in [0.1, 0.15) is 28.1 Å². The molecule has 0 amide bonds. The smallest absolute Gasteiger partial charge is 0.134 e. The Kier molecular flexibility index (Phi) is 3.33. The van der Waals surface area contributed by atoms with Crippen molar-refractivity contribution in [1.82, 2.24) is 5.16 Å². The van der Waals surface area contributed by atoms with E-state index in [1.807, 2.05) is 39.0 Å². The summed E-state index contributed by atoms with van der Waals surface area (Å²) < 4.78 is 10.7. The summed E-state index contributed by atoms with van der Waals surface area (Å²) in [5.41, 5.74) is 3.31. The number of rotatable bonds is 3. The Morgan fingerprint density at radius 2 is 1.89 bits per heavy atom. The van der Waals surface area contributed by atoms with Crippen LogP contribution < -0.4 is 4.74 Å². The summed E-state index contributed by atoms with van der Waals surface area (Å²) in [5, 5.41) is 12.7. The quantitative estimate of drug-likeness (QED) is 0.830. The lowest BCUT2D eigenvalue weighted by Crippen LogP contribution is -1.99. The van der Waals surface area contributed by atoms with Crippen molar-refractivity contribution in [2.75, 3.05) is 0 Å². The summed E-state index contributed by atoms with van der Waals surface area (Å²) in [7, 11) is 0. The van der Waals surface area contributed by atoms with Crippen molar-refractivity contribution in [1.29, 1.82) is 5.26 Å². The number of nitriles is 1. The summed E-state index contributed by atoms with van der Waals surface area (Å²) in [6.07, 6.45) is 0. The van der Waals surface area contributed by atoms with Gasteiger partial charge in [0.1, 0.15) is 23.8 Å². The van der Waals surface area contributed by atoms with Crippen molar-refractivity contribution in [2.45, 2.75) is 27.4 Å². The summed E-state index contributed by atoms with van der Waals surface area (Å²) in [6, 6.07) is 7.60. The standard InChI is InChI=1S/C14H14N2O2/c1-9-4-12(7-15)5-10(2)14(9)17-8-13-6-11(3)18-16-13/h4-6H,8H2,1-3H3. The first kappa shape index (κ1) is 12.2. The highest BCUT2D eigenvalue weighted by atomic mass is 16.5. The molecule has 0 fully saturated rings. The fourth-order valence-corrected chi connectivity index (χ4v) is 1.87. The average Bonchev–Trinajstić information content (AvgIpc) is 2.73. The summed E-state index contributed by atoms with van der Waals surface area (Å²) >= 11 is 0. The van der Waals surface area contributed by atoms with Gasteiger partial charge in [0.15, 0.2) is 0 Å². The van der Waals surface area contributed by atoms with E-state index in [0.29, 0.717) is 12.2 Å². The largest absolute Gasteiger partial charge is 0.487 e. The van der Waals surface area contributed by atoms with E-state index in [1.54, 1.807) is 0 Å². The number of aryl methyl sites for hydroxylation is 3.